The zero-order chi connectivity index (χ0) is 9.05. The van der Waals surface area contributed by atoms with Crippen LogP contribution < -0.4 is 0 Å². The van der Waals surface area contributed by atoms with E-state index < -0.39 is 0 Å². The predicted molar refractivity (Wildman–Crippen MR) is 51.2 cm³/mol. The van der Waals surface area contributed by atoms with E-state index in [0.29, 0.717) is 23.0 Å². The van der Waals surface area contributed by atoms with Crippen molar-refractivity contribution in [3.05, 3.63) is 12.2 Å². The standard InChI is InChI=1S/C12H16O/c1-12-6-5-11(13)9(7-12)8-3-2-4-10(8)12/h2,4,8-10H,3,5-7H2,1H3/t8-,9-,10+,12-/m0/s1. The highest BCUT2D eigenvalue weighted by Crippen LogP contribution is 2.59. The van der Waals surface area contributed by atoms with E-state index in [4.69, 9.17) is 0 Å². The molecule has 2 fully saturated rings. The van der Waals surface area contributed by atoms with Gasteiger partial charge in [0.15, 0.2) is 0 Å². The van der Waals surface area contributed by atoms with E-state index in [2.05, 4.69) is 19.1 Å². The smallest absolute Gasteiger partial charge is 0.136 e. The van der Waals surface area contributed by atoms with Crippen molar-refractivity contribution in [3.8, 4) is 0 Å². The maximum Gasteiger partial charge on any atom is 0.136 e. The Morgan fingerprint density at radius 3 is 3.23 bits per heavy atom. The van der Waals surface area contributed by atoms with E-state index in [-0.39, 0.29) is 0 Å². The number of carbonyl (C=O) groups is 1. The summed E-state index contributed by atoms with van der Waals surface area (Å²) in [5.74, 6) is 2.37. The fourth-order valence-electron chi connectivity index (χ4n) is 3.84. The summed E-state index contributed by atoms with van der Waals surface area (Å²) in [4.78, 5) is 11.7. The molecule has 0 amide bonds. The van der Waals surface area contributed by atoms with Gasteiger partial charge in [-0.15, -0.1) is 0 Å². The molecule has 0 N–H and O–H groups in total. The zero-order valence-corrected chi connectivity index (χ0v) is 8.12. The van der Waals surface area contributed by atoms with Crippen LogP contribution in [0.2, 0.25) is 0 Å². The molecule has 0 saturated heterocycles. The molecule has 3 aliphatic rings. The molecule has 70 valence electrons. The van der Waals surface area contributed by atoms with Crippen LogP contribution in [0.5, 0.6) is 0 Å². The van der Waals surface area contributed by atoms with E-state index in [0.717, 1.165) is 25.2 Å². The number of carbonyl (C=O) groups excluding carboxylic acids is 1. The van der Waals surface area contributed by atoms with Gasteiger partial charge in [0.05, 0.1) is 0 Å². The van der Waals surface area contributed by atoms with Gasteiger partial charge in [-0.1, -0.05) is 19.1 Å². The molecule has 1 heteroatoms. The molecule has 13 heavy (non-hydrogen) atoms. The maximum absolute atomic E-state index is 11.7. The van der Waals surface area contributed by atoms with Crippen LogP contribution in [0.25, 0.3) is 0 Å². The Hall–Kier alpha value is -0.590. The summed E-state index contributed by atoms with van der Waals surface area (Å²) >= 11 is 0. The summed E-state index contributed by atoms with van der Waals surface area (Å²) in [5.41, 5.74) is 0.468. The van der Waals surface area contributed by atoms with Crippen molar-refractivity contribution in [2.45, 2.75) is 32.6 Å². The summed E-state index contributed by atoms with van der Waals surface area (Å²) in [5, 5.41) is 0. The minimum absolute atomic E-state index is 0.416. The van der Waals surface area contributed by atoms with Crippen molar-refractivity contribution in [1.82, 2.24) is 0 Å². The minimum Gasteiger partial charge on any atom is -0.299 e. The van der Waals surface area contributed by atoms with E-state index in [1.165, 1.54) is 6.42 Å². The summed E-state index contributed by atoms with van der Waals surface area (Å²) in [6.45, 7) is 2.38. The van der Waals surface area contributed by atoms with Gasteiger partial charge in [-0.3, -0.25) is 4.79 Å². The Kier molecular flexibility index (Phi) is 1.35. The minimum atomic E-state index is 0.416. The quantitative estimate of drug-likeness (QED) is 0.518. The lowest BCUT2D eigenvalue weighted by molar-refractivity contribution is -0.125. The van der Waals surface area contributed by atoms with Crippen molar-refractivity contribution in [1.29, 1.82) is 0 Å². The van der Waals surface area contributed by atoms with Crippen molar-refractivity contribution in [3.63, 3.8) is 0 Å². The highest BCUT2D eigenvalue weighted by atomic mass is 16.1. The highest BCUT2D eigenvalue weighted by Gasteiger charge is 2.55. The molecule has 0 aromatic rings. The first-order valence-corrected chi connectivity index (χ1v) is 5.40. The van der Waals surface area contributed by atoms with E-state index in [9.17, 15) is 4.79 Å². The van der Waals surface area contributed by atoms with Gasteiger partial charge in [0.2, 0.25) is 0 Å². The summed E-state index contributed by atoms with van der Waals surface area (Å²) < 4.78 is 0. The predicted octanol–water partition coefficient (Wildman–Crippen LogP) is 2.57. The van der Waals surface area contributed by atoms with Crippen molar-refractivity contribution >= 4 is 5.78 Å². The molecule has 0 spiro atoms. The van der Waals surface area contributed by atoms with Crippen molar-refractivity contribution < 1.29 is 4.79 Å². The zero-order valence-electron chi connectivity index (χ0n) is 8.12. The average molecular weight is 176 g/mol. The van der Waals surface area contributed by atoms with Gasteiger partial charge in [0.1, 0.15) is 5.78 Å². The number of rotatable bonds is 0. The SMILES string of the molecule is C[C@]12CCC(=O)[C@@H](C1)[C@@H]1CC=C[C@H]12. The Balaban J connectivity index is 2.03. The fourth-order valence-corrected chi connectivity index (χ4v) is 3.84. The van der Waals surface area contributed by atoms with Crippen LogP contribution in [-0.4, -0.2) is 5.78 Å². The number of hydrogen-bond donors (Lipinski definition) is 0. The molecule has 1 nitrogen and oxygen atoms in total. The monoisotopic (exact) mass is 176 g/mol. The third kappa shape index (κ3) is 0.853. The average Bonchev–Trinajstić information content (AvgIpc) is 2.63. The van der Waals surface area contributed by atoms with Gasteiger partial charge >= 0.3 is 0 Å². The van der Waals surface area contributed by atoms with Gasteiger partial charge < -0.3 is 0 Å². The van der Waals surface area contributed by atoms with Crippen molar-refractivity contribution in [2.24, 2.45) is 23.2 Å². The first-order chi connectivity index (χ1) is 6.21. The molecule has 0 unspecified atom stereocenters. The fraction of sp³-hybridized carbons (Fsp3) is 0.750. The molecule has 0 radical (unpaired) electrons. The lowest BCUT2D eigenvalue weighted by atomic mass is 9.73. The second-order valence-electron chi connectivity index (χ2n) is 5.28. The Bertz CT molecular complexity index is 291. The van der Waals surface area contributed by atoms with Crippen LogP contribution in [0.1, 0.15) is 32.6 Å². The molecule has 4 atom stereocenters. The Labute approximate surface area is 79.2 Å². The second-order valence-corrected chi connectivity index (χ2v) is 5.28. The third-order valence-corrected chi connectivity index (χ3v) is 4.58. The molecule has 0 heterocycles. The van der Waals surface area contributed by atoms with Crippen LogP contribution in [0.15, 0.2) is 12.2 Å². The highest BCUT2D eigenvalue weighted by molar-refractivity contribution is 5.83. The number of allylic oxidation sites excluding steroid dienone is 2. The van der Waals surface area contributed by atoms with Gasteiger partial charge in [-0.05, 0) is 36.5 Å². The number of Topliss-reactive ketones (excluding diaryl/α,β-unsaturated/α-hetero) is 1. The second kappa shape index (κ2) is 2.26. The topological polar surface area (TPSA) is 17.1 Å². The normalized spacial score (nSPS) is 52.7. The number of ketones is 1. The lowest BCUT2D eigenvalue weighted by Gasteiger charge is -2.31. The first-order valence-electron chi connectivity index (χ1n) is 5.40. The molecule has 0 aromatic carbocycles. The third-order valence-electron chi connectivity index (χ3n) is 4.58. The summed E-state index contributed by atoms with van der Waals surface area (Å²) in [6, 6.07) is 0. The van der Waals surface area contributed by atoms with Crippen LogP contribution in [-0.2, 0) is 4.79 Å². The molecular weight excluding hydrogens is 160 g/mol. The first kappa shape index (κ1) is 7.78. The largest absolute Gasteiger partial charge is 0.299 e. The molecule has 2 bridgehead atoms. The van der Waals surface area contributed by atoms with E-state index in [1.807, 2.05) is 0 Å². The lowest BCUT2D eigenvalue weighted by Crippen LogP contribution is -2.26. The van der Waals surface area contributed by atoms with Crippen LogP contribution >= 0.6 is 0 Å². The van der Waals surface area contributed by atoms with Gasteiger partial charge in [0, 0.05) is 12.3 Å². The number of fused-ring (bicyclic) bond motifs is 5. The van der Waals surface area contributed by atoms with E-state index >= 15 is 0 Å². The molecular formula is C12H16O. The molecule has 0 aliphatic heterocycles. The Morgan fingerprint density at radius 1 is 1.54 bits per heavy atom. The Morgan fingerprint density at radius 2 is 2.38 bits per heavy atom. The maximum atomic E-state index is 11.7. The molecule has 3 rings (SSSR count). The van der Waals surface area contributed by atoms with Gasteiger partial charge in [0.25, 0.3) is 0 Å². The van der Waals surface area contributed by atoms with Crippen LogP contribution in [0, 0.1) is 23.2 Å². The summed E-state index contributed by atoms with van der Waals surface area (Å²) in [7, 11) is 0. The van der Waals surface area contributed by atoms with Crippen molar-refractivity contribution in [2.75, 3.05) is 0 Å². The van der Waals surface area contributed by atoms with Crippen LogP contribution in [0.4, 0.5) is 0 Å². The summed E-state index contributed by atoms with van der Waals surface area (Å²) in [6.07, 6.45) is 8.99. The molecule has 3 aliphatic carbocycles. The molecule has 0 aromatic heterocycles. The van der Waals surface area contributed by atoms with Crippen LogP contribution in [0.3, 0.4) is 0 Å². The van der Waals surface area contributed by atoms with Gasteiger partial charge in [-0.25, -0.2) is 0 Å². The number of hydrogen-bond acceptors (Lipinski definition) is 1. The molecule has 2 saturated carbocycles. The van der Waals surface area contributed by atoms with E-state index in [1.54, 1.807) is 0 Å². The van der Waals surface area contributed by atoms with Gasteiger partial charge in [-0.2, -0.15) is 0 Å².